The molecule has 64 heavy (non-hydrogen) atoms. The molecule has 0 bridgehead atoms. The Kier molecular flexibility index (Phi) is 8.52. The van der Waals surface area contributed by atoms with Gasteiger partial charge in [0.2, 0.25) is 0 Å². The molecule has 0 amide bonds. The highest BCUT2D eigenvalue weighted by Crippen LogP contribution is 2.56. The van der Waals surface area contributed by atoms with Crippen LogP contribution in [0.2, 0.25) is 0 Å². The number of hydrogen-bond donors (Lipinski definition) is 0. The second kappa shape index (κ2) is 14.7. The third-order valence-corrected chi connectivity index (χ3v) is 14.4. The highest BCUT2D eigenvalue weighted by molar-refractivity contribution is 6.04. The topological polar surface area (TPSA) is 9.72 Å². The minimum Gasteiger partial charge on any atom is -0.333 e. The summed E-state index contributed by atoms with van der Waals surface area (Å²) in [6, 6.07) is 61.6. The van der Waals surface area contributed by atoms with Crippen LogP contribution in [0.15, 0.2) is 229 Å². The summed E-state index contributed by atoms with van der Waals surface area (Å²) in [6.45, 7) is 2.41. The fourth-order valence-electron chi connectivity index (χ4n) is 11.7. The van der Waals surface area contributed by atoms with Gasteiger partial charge in [-0.15, -0.1) is 0 Å². The van der Waals surface area contributed by atoms with Crippen LogP contribution in [0.25, 0.3) is 39.0 Å². The molecule has 7 aromatic carbocycles. The van der Waals surface area contributed by atoms with Gasteiger partial charge in [0.05, 0.1) is 34.5 Å². The van der Waals surface area contributed by atoms with E-state index in [0.717, 1.165) is 47.7 Å². The summed E-state index contributed by atoms with van der Waals surface area (Å²) in [5, 5.41) is 0. The second-order valence-electron chi connectivity index (χ2n) is 17.9. The van der Waals surface area contributed by atoms with Crippen molar-refractivity contribution < 1.29 is 0 Å². The SMILES string of the molecule is CC1CC=CC2=C1c1ccccc1N(c1cc(N3c4ccccc4-c4ccccc4-c4ccccc43)cc(N3c4ccccc4-c4ccccc4C4C=CC=CC43)c1)C1=C2CCC=C1. The number of allylic oxidation sites excluding steroid dienone is 9. The van der Waals surface area contributed by atoms with Gasteiger partial charge in [0.25, 0.3) is 0 Å². The normalized spacial score (nSPS) is 19.8. The fraction of sp³-hybridized carbons (Fsp3) is 0.115. The maximum Gasteiger partial charge on any atom is 0.0629 e. The molecule has 0 saturated carbocycles. The van der Waals surface area contributed by atoms with Crippen LogP contribution < -0.4 is 14.7 Å². The summed E-state index contributed by atoms with van der Waals surface area (Å²) in [7, 11) is 0. The van der Waals surface area contributed by atoms with E-state index >= 15 is 0 Å². The molecule has 0 spiro atoms. The first-order valence-electron chi connectivity index (χ1n) is 23.0. The van der Waals surface area contributed by atoms with E-state index in [1.807, 2.05) is 0 Å². The van der Waals surface area contributed by atoms with Crippen LogP contribution in [0.1, 0.15) is 43.2 Å². The Hall–Kier alpha value is -7.62. The molecule has 13 rings (SSSR count). The largest absolute Gasteiger partial charge is 0.333 e. The lowest BCUT2D eigenvalue weighted by molar-refractivity contribution is 0.697. The van der Waals surface area contributed by atoms with E-state index in [2.05, 4.69) is 234 Å². The van der Waals surface area contributed by atoms with Gasteiger partial charge in [-0.25, -0.2) is 0 Å². The lowest BCUT2D eigenvalue weighted by Gasteiger charge is -2.38. The van der Waals surface area contributed by atoms with Crippen molar-refractivity contribution in [2.45, 2.75) is 38.1 Å². The summed E-state index contributed by atoms with van der Waals surface area (Å²) in [6.07, 6.45) is 22.0. The number of anilines is 7. The van der Waals surface area contributed by atoms with Crippen LogP contribution in [0.3, 0.4) is 0 Å². The molecule has 7 aromatic rings. The van der Waals surface area contributed by atoms with Gasteiger partial charge in [0.1, 0.15) is 0 Å². The molecule has 0 saturated heterocycles. The number of benzene rings is 7. The summed E-state index contributed by atoms with van der Waals surface area (Å²) in [5.41, 5.74) is 23.9. The number of hydrogen-bond acceptors (Lipinski definition) is 3. The molecular formula is C61H47N3. The van der Waals surface area contributed by atoms with Gasteiger partial charge in [0, 0.05) is 45.2 Å². The molecule has 0 fully saturated rings. The Morgan fingerprint density at radius 2 is 1.00 bits per heavy atom. The van der Waals surface area contributed by atoms with Crippen molar-refractivity contribution >= 4 is 45.4 Å². The molecule has 3 nitrogen and oxygen atoms in total. The van der Waals surface area contributed by atoms with Gasteiger partial charge < -0.3 is 14.7 Å². The van der Waals surface area contributed by atoms with Crippen molar-refractivity contribution in [2.75, 3.05) is 14.7 Å². The third-order valence-electron chi connectivity index (χ3n) is 14.4. The van der Waals surface area contributed by atoms with Crippen molar-refractivity contribution in [1.82, 2.24) is 0 Å². The van der Waals surface area contributed by atoms with Crippen molar-refractivity contribution in [3.8, 4) is 33.4 Å². The number of fused-ring (bicyclic) bond motifs is 13. The highest BCUT2D eigenvalue weighted by atomic mass is 15.2. The second-order valence-corrected chi connectivity index (χ2v) is 17.9. The first kappa shape index (κ1) is 37.0. The average Bonchev–Trinajstić information content (AvgIpc) is 3.63. The average molecular weight is 822 g/mol. The van der Waals surface area contributed by atoms with Gasteiger partial charge >= 0.3 is 0 Å². The predicted molar refractivity (Wildman–Crippen MR) is 268 cm³/mol. The molecule has 3 unspecified atom stereocenters. The zero-order chi connectivity index (χ0) is 42.3. The Morgan fingerprint density at radius 3 is 1.70 bits per heavy atom. The van der Waals surface area contributed by atoms with Crippen molar-refractivity contribution in [2.24, 2.45) is 5.92 Å². The van der Waals surface area contributed by atoms with E-state index < -0.39 is 0 Å². The Bertz CT molecular complexity index is 3200. The van der Waals surface area contributed by atoms with E-state index in [4.69, 9.17) is 0 Å². The first-order chi connectivity index (χ1) is 31.7. The highest BCUT2D eigenvalue weighted by Gasteiger charge is 2.37. The molecule has 0 aromatic heterocycles. The molecule has 3 heteroatoms. The summed E-state index contributed by atoms with van der Waals surface area (Å²) >= 11 is 0. The van der Waals surface area contributed by atoms with Crippen LogP contribution in [0, 0.1) is 5.92 Å². The smallest absolute Gasteiger partial charge is 0.0629 e. The monoisotopic (exact) mass is 821 g/mol. The molecule has 3 aliphatic heterocycles. The third kappa shape index (κ3) is 5.60. The van der Waals surface area contributed by atoms with E-state index in [1.165, 1.54) is 78.3 Å². The summed E-state index contributed by atoms with van der Waals surface area (Å²) < 4.78 is 0. The fourth-order valence-corrected chi connectivity index (χ4v) is 11.7. The molecular weight excluding hydrogens is 775 g/mol. The quantitative estimate of drug-likeness (QED) is 0.176. The van der Waals surface area contributed by atoms with Crippen LogP contribution in [-0.2, 0) is 0 Å². The van der Waals surface area contributed by atoms with Crippen LogP contribution in [-0.4, -0.2) is 6.04 Å². The standard InChI is InChI=1S/C61H47N3/c1-40-19-18-30-53-52-28-10-16-35-59(52)64(60-36-17-11-29-54(60)61(40)53)43-38-41(62-55-31-12-6-24-48(55)44-20-2-3-21-45(44)49-25-7-13-32-56(49)62)37-42(39-43)63-57-33-14-8-26-50(57)46-22-4-5-23-47(46)51-27-9-15-34-58(51)63/h2-9,11-18,20-27,29-40,48,55H,10,19,28H2,1H3. The maximum atomic E-state index is 2.64. The summed E-state index contributed by atoms with van der Waals surface area (Å²) in [5.74, 6) is 0.557. The summed E-state index contributed by atoms with van der Waals surface area (Å²) in [4.78, 5) is 7.78. The Balaban J connectivity index is 1.13. The van der Waals surface area contributed by atoms with Crippen LogP contribution >= 0.6 is 0 Å². The van der Waals surface area contributed by atoms with Gasteiger partial charge in [-0.05, 0) is 113 Å². The Morgan fingerprint density at radius 1 is 0.469 bits per heavy atom. The zero-order valence-corrected chi connectivity index (χ0v) is 35.9. The molecule has 306 valence electrons. The number of para-hydroxylation sites is 4. The van der Waals surface area contributed by atoms with Gasteiger partial charge in [-0.2, -0.15) is 0 Å². The predicted octanol–water partition coefficient (Wildman–Crippen LogP) is 16.3. The molecule has 0 radical (unpaired) electrons. The zero-order valence-electron chi connectivity index (χ0n) is 35.9. The molecule has 0 N–H and O–H groups in total. The van der Waals surface area contributed by atoms with Crippen LogP contribution in [0.4, 0.5) is 39.8 Å². The first-order valence-corrected chi connectivity index (χ1v) is 23.0. The molecule has 6 aliphatic rings. The van der Waals surface area contributed by atoms with Crippen molar-refractivity contribution in [3.05, 3.63) is 240 Å². The maximum absolute atomic E-state index is 2.64. The van der Waals surface area contributed by atoms with Gasteiger partial charge in [0.15, 0.2) is 0 Å². The molecule has 3 atom stereocenters. The van der Waals surface area contributed by atoms with E-state index in [-0.39, 0.29) is 12.0 Å². The van der Waals surface area contributed by atoms with Gasteiger partial charge in [-0.3, -0.25) is 0 Å². The Labute approximate surface area is 376 Å². The van der Waals surface area contributed by atoms with E-state index in [0.29, 0.717) is 5.92 Å². The van der Waals surface area contributed by atoms with Crippen LogP contribution in [0.5, 0.6) is 0 Å². The number of rotatable bonds is 3. The van der Waals surface area contributed by atoms with Gasteiger partial charge in [-0.1, -0.05) is 171 Å². The molecule has 3 heterocycles. The minimum absolute atomic E-state index is 0.0339. The van der Waals surface area contributed by atoms with E-state index in [9.17, 15) is 0 Å². The lowest BCUT2D eigenvalue weighted by atomic mass is 9.80. The van der Waals surface area contributed by atoms with E-state index in [1.54, 1.807) is 0 Å². The minimum atomic E-state index is 0.0339. The number of nitrogens with zero attached hydrogens (tertiary/aromatic N) is 3. The lowest BCUT2D eigenvalue weighted by Crippen LogP contribution is -2.34. The van der Waals surface area contributed by atoms with Crippen molar-refractivity contribution in [3.63, 3.8) is 0 Å². The molecule has 3 aliphatic carbocycles. The van der Waals surface area contributed by atoms with Crippen molar-refractivity contribution in [1.29, 1.82) is 0 Å².